The van der Waals surface area contributed by atoms with Gasteiger partial charge in [-0.3, -0.25) is 4.79 Å². The summed E-state index contributed by atoms with van der Waals surface area (Å²) < 4.78 is 12.8. The first-order chi connectivity index (χ1) is 8.54. The van der Waals surface area contributed by atoms with Crippen molar-refractivity contribution in [2.24, 2.45) is 0 Å². The van der Waals surface area contributed by atoms with Crippen LogP contribution in [0.5, 0.6) is 11.5 Å². The molecule has 1 heterocycles. The highest BCUT2D eigenvalue weighted by molar-refractivity contribution is 14.1. The third kappa shape index (κ3) is 2.55. The number of hydrogen-bond acceptors (Lipinski definition) is 4. The Bertz CT molecular complexity index is 527. The third-order valence-electron chi connectivity index (χ3n) is 2.61. The molecule has 0 fully saturated rings. The first-order valence-corrected chi connectivity index (χ1v) is 7.16. The van der Waals surface area contributed by atoms with Gasteiger partial charge < -0.3 is 14.6 Å². The number of aliphatic hydroxyl groups excluding tert-OH is 1. The van der Waals surface area contributed by atoms with E-state index in [1.54, 1.807) is 16.2 Å². The van der Waals surface area contributed by atoms with Crippen LogP contribution < -0.4 is 9.47 Å². The van der Waals surface area contributed by atoms with Gasteiger partial charge in [0.15, 0.2) is 17.3 Å². The van der Waals surface area contributed by atoms with E-state index in [0.29, 0.717) is 27.1 Å². The van der Waals surface area contributed by atoms with E-state index in [9.17, 15) is 9.90 Å². The number of Topliss-reactive ketones (excluding diaryl/α,β-unsaturated/α-hetero) is 1. The molecule has 1 N–H and O–H groups in total. The van der Waals surface area contributed by atoms with E-state index < -0.39 is 6.10 Å². The lowest BCUT2D eigenvalue weighted by Gasteiger charge is -2.14. The normalized spacial score (nSPS) is 15.7. The van der Waals surface area contributed by atoms with Crippen LogP contribution in [0.15, 0.2) is 26.3 Å². The van der Waals surface area contributed by atoms with Crippen molar-refractivity contribution in [1.29, 1.82) is 0 Å². The van der Waals surface area contributed by atoms with E-state index in [-0.39, 0.29) is 12.6 Å². The Balaban J connectivity index is 2.42. The van der Waals surface area contributed by atoms with Crippen LogP contribution in [0.4, 0.5) is 0 Å². The molecular formula is C12H10BrIO4. The zero-order valence-electron chi connectivity index (χ0n) is 9.44. The molecule has 1 aliphatic rings. The molecule has 0 aliphatic carbocycles. The largest absolute Gasteiger partial charge is 0.454 e. The van der Waals surface area contributed by atoms with Crippen molar-refractivity contribution in [3.8, 4) is 11.5 Å². The molecular weight excluding hydrogens is 415 g/mol. The molecule has 1 unspecified atom stereocenters. The SMILES string of the molecule is CC(=O)/C(=C\I)C(O)c1cc2c(cc1Br)OCO2. The molecule has 0 saturated heterocycles. The number of aliphatic hydroxyl groups is 1. The van der Waals surface area contributed by atoms with Gasteiger partial charge in [0.2, 0.25) is 6.79 Å². The Morgan fingerprint density at radius 2 is 2.11 bits per heavy atom. The second-order valence-corrected chi connectivity index (χ2v) is 5.23. The van der Waals surface area contributed by atoms with E-state index in [1.807, 2.05) is 22.6 Å². The summed E-state index contributed by atoms with van der Waals surface area (Å²) in [7, 11) is 0. The fourth-order valence-corrected chi connectivity index (χ4v) is 2.96. The highest BCUT2D eigenvalue weighted by Gasteiger charge is 2.23. The van der Waals surface area contributed by atoms with Crippen molar-refractivity contribution in [3.63, 3.8) is 0 Å². The second kappa shape index (κ2) is 5.58. The van der Waals surface area contributed by atoms with E-state index in [2.05, 4.69) is 15.9 Å². The minimum Gasteiger partial charge on any atom is -0.454 e. The Kier molecular flexibility index (Phi) is 4.29. The molecule has 1 aromatic rings. The van der Waals surface area contributed by atoms with Crippen LogP contribution in [0, 0.1) is 0 Å². The van der Waals surface area contributed by atoms with E-state index in [4.69, 9.17) is 9.47 Å². The predicted octanol–water partition coefficient (Wildman–Crippen LogP) is 3.12. The first kappa shape index (κ1) is 13.8. The Morgan fingerprint density at radius 1 is 1.50 bits per heavy atom. The van der Waals surface area contributed by atoms with Crippen LogP contribution in [-0.4, -0.2) is 17.7 Å². The second-order valence-electron chi connectivity index (χ2n) is 3.75. The predicted molar refractivity (Wildman–Crippen MR) is 78.0 cm³/mol. The number of rotatable bonds is 3. The molecule has 0 bridgehead atoms. The van der Waals surface area contributed by atoms with Crippen molar-refractivity contribution in [3.05, 3.63) is 31.8 Å². The minimum atomic E-state index is -0.983. The Hall–Kier alpha value is -0.600. The number of carbonyl (C=O) groups excluding carboxylic acids is 1. The average molecular weight is 425 g/mol. The summed E-state index contributed by atoms with van der Waals surface area (Å²) in [5.41, 5.74) is 0.924. The molecule has 2 rings (SSSR count). The van der Waals surface area contributed by atoms with Crippen molar-refractivity contribution in [2.45, 2.75) is 13.0 Å². The third-order valence-corrected chi connectivity index (χ3v) is 3.96. The number of benzene rings is 1. The summed E-state index contributed by atoms with van der Waals surface area (Å²) in [5.74, 6) is 1.03. The van der Waals surface area contributed by atoms with Gasteiger partial charge in [-0.2, -0.15) is 0 Å². The molecule has 0 amide bonds. The summed E-state index contributed by atoms with van der Waals surface area (Å²) in [6.45, 7) is 1.59. The Labute approximate surface area is 126 Å². The number of ketones is 1. The van der Waals surface area contributed by atoms with Crippen molar-refractivity contribution in [1.82, 2.24) is 0 Å². The lowest BCUT2D eigenvalue weighted by molar-refractivity contribution is -0.114. The maximum Gasteiger partial charge on any atom is 0.231 e. The van der Waals surface area contributed by atoms with E-state index >= 15 is 0 Å². The van der Waals surface area contributed by atoms with Crippen LogP contribution in [0.2, 0.25) is 0 Å². The fourth-order valence-electron chi connectivity index (χ4n) is 1.64. The molecule has 1 aliphatic heterocycles. The molecule has 96 valence electrons. The summed E-state index contributed by atoms with van der Waals surface area (Å²) >= 11 is 5.30. The van der Waals surface area contributed by atoms with Gasteiger partial charge in [0.05, 0.1) is 0 Å². The van der Waals surface area contributed by atoms with Crippen LogP contribution in [0.1, 0.15) is 18.6 Å². The number of carbonyl (C=O) groups is 1. The van der Waals surface area contributed by atoms with Crippen LogP contribution in [-0.2, 0) is 4.79 Å². The summed E-state index contributed by atoms with van der Waals surface area (Å²) in [6.07, 6.45) is -0.983. The van der Waals surface area contributed by atoms with Crippen LogP contribution in [0.25, 0.3) is 0 Å². The Morgan fingerprint density at radius 3 is 2.67 bits per heavy atom. The monoisotopic (exact) mass is 424 g/mol. The average Bonchev–Trinajstić information content (AvgIpc) is 2.75. The van der Waals surface area contributed by atoms with Gasteiger partial charge in [-0.05, 0) is 23.1 Å². The molecule has 0 spiro atoms. The van der Waals surface area contributed by atoms with Gasteiger partial charge in [-0.25, -0.2) is 0 Å². The molecule has 18 heavy (non-hydrogen) atoms. The van der Waals surface area contributed by atoms with Gasteiger partial charge in [-0.15, -0.1) is 0 Å². The standard InChI is InChI=1S/C12H10BrIO4/c1-6(15)8(4-14)12(16)7-2-10-11(3-9(7)13)18-5-17-10/h2-4,12,16H,5H2,1H3/b8-4+. The molecule has 0 saturated carbocycles. The highest BCUT2D eigenvalue weighted by atomic mass is 127. The number of hydrogen-bond donors (Lipinski definition) is 1. The number of fused-ring (bicyclic) bond motifs is 1. The number of halogens is 2. The van der Waals surface area contributed by atoms with Gasteiger partial charge in [0.1, 0.15) is 6.10 Å². The van der Waals surface area contributed by atoms with Gasteiger partial charge in [0.25, 0.3) is 0 Å². The van der Waals surface area contributed by atoms with Gasteiger partial charge >= 0.3 is 0 Å². The van der Waals surface area contributed by atoms with E-state index in [1.165, 1.54) is 6.92 Å². The molecule has 4 nitrogen and oxygen atoms in total. The minimum absolute atomic E-state index is 0.165. The lowest BCUT2D eigenvalue weighted by Crippen LogP contribution is -2.08. The molecule has 6 heteroatoms. The molecule has 1 atom stereocenters. The molecule has 1 aromatic carbocycles. The maximum atomic E-state index is 11.4. The molecule has 0 radical (unpaired) electrons. The quantitative estimate of drug-likeness (QED) is 0.598. The first-order valence-electron chi connectivity index (χ1n) is 5.13. The van der Waals surface area contributed by atoms with Crippen LogP contribution >= 0.6 is 38.5 Å². The zero-order chi connectivity index (χ0) is 13.3. The van der Waals surface area contributed by atoms with Crippen molar-refractivity contribution >= 4 is 44.3 Å². The van der Waals surface area contributed by atoms with Gasteiger partial charge in [-0.1, -0.05) is 38.5 Å². The smallest absolute Gasteiger partial charge is 0.231 e. The summed E-state index contributed by atoms with van der Waals surface area (Å²) in [6, 6.07) is 3.41. The van der Waals surface area contributed by atoms with E-state index in [0.717, 1.165) is 0 Å². The number of ether oxygens (including phenoxy) is 2. The van der Waals surface area contributed by atoms with Crippen LogP contribution in [0.3, 0.4) is 0 Å². The van der Waals surface area contributed by atoms with Crippen molar-refractivity contribution < 1.29 is 19.4 Å². The summed E-state index contributed by atoms with van der Waals surface area (Å²) in [4.78, 5) is 11.4. The molecule has 0 aromatic heterocycles. The fraction of sp³-hybridized carbons (Fsp3) is 0.250. The highest BCUT2D eigenvalue weighted by Crippen LogP contribution is 2.40. The zero-order valence-corrected chi connectivity index (χ0v) is 13.2. The van der Waals surface area contributed by atoms with Crippen molar-refractivity contribution in [2.75, 3.05) is 6.79 Å². The lowest BCUT2D eigenvalue weighted by atomic mass is 10.00. The summed E-state index contributed by atoms with van der Waals surface area (Å²) in [5, 5.41) is 10.2. The topological polar surface area (TPSA) is 55.8 Å². The maximum absolute atomic E-state index is 11.4. The van der Waals surface area contributed by atoms with Gasteiger partial charge in [0, 0.05) is 15.6 Å².